The molecular formula is C18H18N4O2S. The van der Waals surface area contributed by atoms with Gasteiger partial charge in [0, 0.05) is 23.4 Å². The number of para-hydroxylation sites is 2. The molecule has 1 fully saturated rings. The van der Waals surface area contributed by atoms with Crippen LogP contribution in [0.4, 0.5) is 6.01 Å². The maximum absolute atomic E-state index is 12.5. The van der Waals surface area contributed by atoms with E-state index >= 15 is 0 Å². The van der Waals surface area contributed by atoms with Gasteiger partial charge in [-0.2, -0.15) is 16.7 Å². The highest BCUT2D eigenvalue weighted by Gasteiger charge is 2.46. The lowest BCUT2D eigenvalue weighted by molar-refractivity contribution is -0.116. The summed E-state index contributed by atoms with van der Waals surface area (Å²) in [4.78, 5) is 21.9. The monoisotopic (exact) mass is 354 g/mol. The van der Waals surface area contributed by atoms with Crippen molar-refractivity contribution in [2.45, 2.75) is 31.2 Å². The molecular weight excluding hydrogens is 336 g/mol. The van der Waals surface area contributed by atoms with E-state index in [9.17, 15) is 4.79 Å². The Balaban J connectivity index is 1.51. The van der Waals surface area contributed by atoms with Crippen molar-refractivity contribution in [1.29, 1.82) is 0 Å². The lowest BCUT2D eigenvalue weighted by Crippen LogP contribution is -2.47. The minimum Gasteiger partial charge on any atom is -0.423 e. The molecule has 1 unspecified atom stereocenters. The maximum Gasteiger partial charge on any atom is 0.302 e. The van der Waals surface area contributed by atoms with E-state index in [2.05, 4.69) is 15.6 Å². The van der Waals surface area contributed by atoms with Crippen LogP contribution in [0.2, 0.25) is 0 Å². The van der Waals surface area contributed by atoms with Crippen molar-refractivity contribution in [3.63, 3.8) is 0 Å². The van der Waals surface area contributed by atoms with Crippen molar-refractivity contribution in [3.8, 4) is 0 Å². The standard InChI is InChI=1S/C18H18N4O2S/c23-13-6-3-5-12-15(13)18(8-9-25-10-18)22-16(19-12)21-17-20-11-4-1-2-7-14(11)24-17/h1-2,4,7H,3,5-6,8-10H2,(H2,19,20,21,22). The number of nitrogens with zero attached hydrogens (tertiary/aromatic N) is 2. The largest absolute Gasteiger partial charge is 0.423 e. The van der Waals surface area contributed by atoms with Crippen LogP contribution in [-0.4, -0.2) is 33.8 Å². The van der Waals surface area contributed by atoms with Gasteiger partial charge in [-0.3, -0.25) is 10.1 Å². The van der Waals surface area contributed by atoms with Crippen LogP contribution in [0.25, 0.3) is 11.1 Å². The van der Waals surface area contributed by atoms with E-state index in [-0.39, 0.29) is 5.78 Å². The number of aromatic nitrogens is 1. The van der Waals surface area contributed by atoms with Crippen molar-refractivity contribution in [2.75, 3.05) is 16.8 Å². The van der Waals surface area contributed by atoms with E-state index in [1.807, 2.05) is 36.0 Å². The molecule has 1 spiro atoms. The van der Waals surface area contributed by atoms with E-state index in [0.717, 1.165) is 53.1 Å². The number of anilines is 1. The average Bonchev–Trinajstić information content (AvgIpc) is 3.21. The second-order valence-electron chi connectivity index (χ2n) is 6.66. The van der Waals surface area contributed by atoms with Gasteiger partial charge in [-0.05, 0) is 37.1 Å². The zero-order valence-corrected chi connectivity index (χ0v) is 14.5. The lowest BCUT2D eigenvalue weighted by atomic mass is 9.79. The van der Waals surface area contributed by atoms with Gasteiger partial charge in [-0.1, -0.05) is 12.1 Å². The number of guanidine groups is 1. The van der Waals surface area contributed by atoms with Crippen molar-refractivity contribution in [2.24, 2.45) is 4.99 Å². The van der Waals surface area contributed by atoms with Gasteiger partial charge in [-0.15, -0.1) is 0 Å². The van der Waals surface area contributed by atoms with Gasteiger partial charge >= 0.3 is 6.01 Å². The molecule has 6 nitrogen and oxygen atoms in total. The highest BCUT2D eigenvalue weighted by molar-refractivity contribution is 7.99. The van der Waals surface area contributed by atoms with E-state index in [0.29, 0.717) is 18.4 Å². The minimum absolute atomic E-state index is 0.251. The van der Waals surface area contributed by atoms with Gasteiger partial charge in [0.05, 0.1) is 0 Å². The Morgan fingerprint density at radius 2 is 2.20 bits per heavy atom. The van der Waals surface area contributed by atoms with Gasteiger partial charge in [0.25, 0.3) is 0 Å². The van der Waals surface area contributed by atoms with Crippen molar-refractivity contribution >= 4 is 40.6 Å². The molecule has 1 aromatic heterocycles. The van der Waals surface area contributed by atoms with E-state index in [1.165, 1.54) is 0 Å². The normalized spacial score (nSPS) is 25.9. The topological polar surface area (TPSA) is 79.5 Å². The lowest BCUT2D eigenvalue weighted by Gasteiger charge is -2.36. The van der Waals surface area contributed by atoms with Crippen LogP contribution < -0.4 is 10.6 Å². The van der Waals surface area contributed by atoms with Crippen LogP contribution in [0.5, 0.6) is 0 Å². The molecule has 1 aromatic carbocycles. The number of aliphatic imine (C=N–C) groups is 1. The Bertz CT molecular complexity index is 891. The summed E-state index contributed by atoms with van der Waals surface area (Å²) < 4.78 is 5.75. The molecule has 2 aliphatic heterocycles. The number of ketones is 1. The highest BCUT2D eigenvalue weighted by atomic mass is 32.2. The van der Waals surface area contributed by atoms with Crippen molar-refractivity contribution in [3.05, 3.63) is 35.5 Å². The second kappa shape index (κ2) is 5.62. The van der Waals surface area contributed by atoms with E-state index < -0.39 is 5.54 Å². The van der Waals surface area contributed by atoms with Crippen molar-refractivity contribution in [1.82, 2.24) is 10.3 Å². The van der Waals surface area contributed by atoms with Crippen LogP contribution in [0.3, 0.4) is 0 Å². The number of Topliss-reactive ketones (excluding diaryl/α,β-unsaturated/α-hetero) is 1. The fourth-order valence-electron chi connectivity index (χ4n) is 3.88. The van der Waals surface area contributed by atoms with Crippen LogP contribution >= 0.6 is 11.8 Å². The van der Waals surface area contributed by atoms with Gasteiger partial charge in [0.1, 0.15) is 11.1 Å². The molecule has 1 saturated heterocycles. The number of thioether (sulfide) groups is 1. The first-order chi connectivity index (χ1) is 12.2. The third kappa shape index (κ3) is 2.45. The summed E-state index contributed by atoms with van der Waals surface area (Å²) >= 11 is 1.86. The summed E-state index contributed by atoms with van der Waals surface area (Å²) in [6, 6.07) is 8.07. The summed E-state index contributed by atoms with van der Waals surface area (Å²) in [6.07, 6.45) is 3.32. The first kappa shape index (κ1) is 15.0. The molecule has 1 atom stereocenters. The Hall–Kier alpha value is -2.28. The van der Waals surface area contributed by atoms with E-state index in [4.69, 9.17) is 9.41 Å². The molecule has 128 valence electrons. The SMILES string of the molecule is O=C1CCCC2=C1C1(CCSC1)N=C(Nc1nc3ccccc3o1)N2. The predicted octanol–water partition coefficient (Wildman–Crippen LogP) is 3.08. The summed E-state index contributed by atoms with van der Waals surface area (Å²) in [5.74, 6) is 2.77. The fourth-order valence-corrected chi connectivity index (χ4v) is 5.19. The molecule has 0 amide bonds. The van der Waals surface area contributed by atoms with Gasteiger partial charge in [-0.25, -0.2) is 4.99 Å². The Morgan fingerprint density at radius 1 is 1.28 bits per heavy atom. The molecule has 3 heterocycles. The molecule has 7 heteroatoms. The predicted molar refractivity (Wildman–Crippen MR) is 98.8 cm³/mol. The fraction of sp³-hybridized carbons (Fsp3) is 0.389. The van der Waals surface area contributed by atoms with Gasteiger partial charge < -0.3 is 9.73 Å². The van der Waals surface area contributed by atoms with Crippen LogP contribution in [0, 0.1) is 0 Å². The third-order valence-electron chi connectivity index (χ3n) is 4.99. The first-order valence-electron chi connectivity index (χ1n) is 8.58. The smallest absolute Gasteiger partial charge is 0.302 e. The molecule has 5 rings (SSSR count). The molecule has 1 aliphatic carbocycles. The number of carbonyl (C=O) groups excluding carboxylic acids is 1. The second-order valence-corrected chi connectivity index (χ2v) is 7.77. The molecule has 2 N–H and O–H groups in total. The molecule has 2 aromatic rings. The van der Waals surface area contributed by atoms with Crippen LogP contribution in [0.15, 0.2) is 44.9 Å². The minimum atomic E-state index is -0.392. The van der Waals surface area contributed by atoms with E-state index in [1.54, 1.807) is 0 Å². The molecule has 25 heavy (non-hydrogen) atoms. The molecule has 3 aliphatic rings. The Morgan fingerprint density at radius 3 is 3.04 bits per heavy atom. The van der Waals surface area contributed by atoms with Gasteiger partial charge in [0.2, 0.25) is 5.96 Å². The zero-order valence-electron chi connectivity index (χ0n) is 13.7. The Labute approximate surface area is 149 Å². The first-order valence-corrected chi connectivity index (χ1v) is 9.73. The number of rotatable bonds is 1. The third-order valence-corrected chi connectivity index (χ3v) is 6.17. The number of allylic oxidation sites excluding steroid dienone is 1. The molecule has 0 bridgehead atoms. The van der Waals surface area contributed by atoms with Crippen LogP contribution in [-0.2, 0) is 4.79 Å². The number of nitrogens with one attached hydrogen (secondary N) is 2. The molecule has 0 radical (unpaired) electrons. The summed E-state index contributed by atoms with van der Waals surface area (Å²) in [7, 11) is 0. The zero-order chi connectivity index (χ0) is 16.9. The summed E-state index contributed by atoms with van der Waals surface area (Å²) in [6.45, 7) is 0. The quantitative estimate of drug-likeness (QED) is 0.819. The van der Waals surface area contributed by atoms with Crippen molar-refractivity contribution < 1.29 is 9.21 Å². The average molecular weight is 354 g/mol. The number of fused-ring (bicyclic) bond motifs is 2. The number of hydrogen-bond acceptors (Lipinski definition) is 7. The highest BCUT2D eigenvalue weighted by Crippen LogP contribution is 2.43. The molecule has 0 saturated carbocycles. The number of benzene rings is 1. The number of hydrogen-bond donors (Lipinski definition) is 2. The van der Waals surface area contributed by atoms with Crippen LogP contribution in [0.1, 0.15) is 25.7 Å². The summed E-state index contributed by atoms with van der Waals surface area (Å²) in [5, 5.41) is 6.49. The maximum atomic E-state index is 12.5. The Kier molecular flexibility index (Phi) is 3.38. The number of oxazole rings is 1. The van der Waals surface area contributed by atoms with Gasteiger partial charge in [0.15, 0.2) is 11.4 Å². The number of carbonyl (C=O) groups is 1. The summed E-state index contributed by atoms with van der Waals surface area (Å²) in [5.41, 5.74) is 3.08.